The number of para-hydroxylation sites is 2. The van der Waals surface area contributed by atoms with Gasteiger partial charge in [-0.25, -0.2) is 9.98 Å². The molecule has 0 amide bonds. The Kier molecular flexibility index (Phi) is 5.89. The molecule has 0 radical (unpaired) electrons. The molecule has 7 aromatic rings. The Morgan fingerprint density at radius 1 is 0.526 bits per heavy atom. The maximum absolute atomic E-state index is 7.23. The molecule has 2 atom stereocenters. The van der Waals surface area contributed by atoms with E-state index in [1.165, 1.54) is 72.0 Å². The van der Waals surface area contributed by atoms with Gasteiger partial charge in [-0.15, -0.1) is 0 Å². The van der Waals surface area contributed by atoms with E-state index < -0.39 is 0 Å². The molecule has 57 heavy (non-hydrogen) atoms. The molecule has 13 rings (SSSR count). The first-order valence-electron chi connectivity index (χ1n) is 20.2. The molecule has 6 aromatic carbocycles. The lowest BCUT2D eigenvalue weighted by Gasteiger charge is -2.26. The standard InChI is InChI=1S/C54H38N2O/c1-53(2)41-17-9-5-13-31(41)33-23-21-29(25-43(33)53)37-28-40-48-38(30-22-24-34-32-14-6-10-18-42(32)54(3,4)44(34)26-30)27-39-35-15-7-11-19-45(35)55-49(39)52(48)57-51(40)50-47(37)36-16-8-12-20-46(36)56-50/h5-28,37-38H,1-4H3. The summed E-state index contributed by atoms with van der Waals surface area (Å²) in [6.45, 7) is 9.47. The Morgan fingerprint density at radius 3 is 1.81 bits per heavy atom. The second kappa shape index (κ2) is 10.6. The molecule has 0 bridgehead atoms. The van der Waals surface area contributed by atoms with E-state index in [-0.39, 0.29) is 22.7 Å². The molecular formula is C54H38N2O. The molecule has 270 valence electrons. The Labute approximate surface area is 331 Å². The fourth-order valence-corrected chi connectivity index (χ4v) is 11.2. The van der Waals surface area contributed by atoms with Crippen LogP contribution in [0.2, 0.25) is 0 Å². The number of benzene rings is 6. The van der Waals surface area contributed by atoms with Gasteiger partial charge in [0.1, 0.15) is 11.4 Å². The quantitative estimate of drug-likeness (QED) is 0.175. The first-order valence-corrected chi connectivity index (χ1v) is 20.2. The Bertz CT molecular complexity index is 3370. The van der Waals surface area contributed by atoms with E-state index in [9.17, 15) is 0 Å². The Hall–Kier alpha value is -6.58. The van der Waals surface area contributed by atoms with Gasteiger partial charge in [-0.3, -0.25) is 0 Å². The molecule has 3 heteroatoms. The summed E-state index contributed by atoms with van der Waals surface area (Å²) in [5.41, 5.74) is 21.6. The highest BCUT2D eigenvalue weighted by molar-refractivity contribution is 6.36. The third kappa shape index (κ3) is 3.96. The van der Waals surface area contributed by atoms with Gasteiger partial charge < -0.3 is 4.42 Å². The second-order valence-corrected chi connectivity index (χ2v) is 17.6. The fraction of sp³-hybridized carbons (Fsp3) is 0.148. The van der Waals surface area contributed by atoms with E-state index in [0.717, 1.165) is 50.0 Å². The zero-order valence-corrected chi connectivity index (χ0v) is 32.3. The summed E-state index contributed by atoms with van der Waals surface area (Å²) in [4.78, 5) is 10.7. The zero-order valence-electron chi connectivity index (χ0n) is 32.3. The molecule has 0 spiro atoms. The number of aliphatic imine (C=N–C) groups is 1. The van der Waals surface area contributed by atoms with Gasteiger partial charge in [-0.1, -0.05) is 161 Å². The first kappa shape index (κ1) is 31.6. The van der Waals surface area contributed by atoms with Gasteiger partial charge in [0.15, 0.2) is 11.2 Å². The van der Waals surface area contributed by atoms with Crippen LogP contribution in [0.1, 0.15) is 89.8 Å². The molecule has 0 fully saturated rings. The largest absolute Gasteiger partial charge is 0.452 e. The fourth-order valence-electron chi connectivity index (χ4n) is 11.2. The molecule has 2 unspecified atom stereocenters. The minimum atomic E-state index is -0.110. The molecule has 3 heterocycles. The van der Waals surface area contributed by atoms with Gasteiger partial charge in [-0.2, -0.15) is 0 Å². The highest BCUT2D eigenvalue weighted by atomic mass is 16.3. The van der Waals surface area contributed by atoms with Gasteiger partial charge in [0.05, 0.1) is 11.0 Å². The third-order valence-electron chi connectivity index (χ3n) is 14.0. The number of furan rings is 1. The van der Waals surface area contributed by atoms with Crippen molar-refractivity contribution in [2.24, 2.45) is 9.98 Å². The average molecular weight is 731 g/mol. The summed E-state index contributed by atoms with van der Waals surface area (Å²) in [7, 11) is 0. The summed E-state index contributed by atoms with van der Waals surface area (Å²) in [6, 6.07) is 49.3. The number of fused-ring (bicyclic) bond motifs is 15. The second-order valence-electron chi connectivity index (χ2n) is 17.6. The van der Waals surface area contributed by atoms with Crippen LogP contribution in [0.4, 0.5) is 5.69 Å². The lowest BCUT2D eigenvalue weighted by Crippen LogP contribution is -2.33. The molecule has 0 saturated heterocycles. The number of hydrogen-bond acceptors (Lipinski definition) is 3. The van der Waals surface area contributed by atoms with Crippen molar-refractivity contribution in [2.75, 3.05) is 0 Å². The van der Waals surface area contributed by atoms with Crippen LogP contribution in [0.25, 0.3) is 45.2 Å². The molecule has 4 aliphatic carbocycles. The molecular weight excluding hydrogens is 693 g/mol. The minimum absolute atomic E-state index is 0.0198. The van der Waals surface area contributed by atoms with Gasteiger partial charge in [0.25, 0.3) is 0 Å². The van der Waals surface area contributed by atoms with Crippen molar-refractivity contribution in [1.82, 2.24) is 0 Å². The highest BCUT2D eigenvalue weighted by Crippen LogP contribution is 2.52. The Morgan fingerprint density at radius 2 is 1.11 bits per heavy atom. The van der Waals surface area contributed by atoms with Gasteiger partial charge in [0, 0.05) is 55.4 Å². The monoisotopic (exact) mass is 730 g/mol. The molecule has 3 nitrogen and oxygen atoms in total. The van der Waals surface area contributed by atoms with Crippen LogP contribution in [0, 0.1) is 0 Å². The summed E-state index contributed by atoms with van der Waals surface area (Å²) in [5, 5.41) is 3.31. The van der Waals surface area contributed by atoms with Crippen molar-refractivity contribution in [3.8, 4) is 22.3 Å². The molecule has 2 aliphatic heterocycles. The Balaban J connectivity index is 1.08. The summed E-state index contributed by atoms with van der Waals surface area (Å²) in [5.74, 6) is 0.796. The maximum Gasteiger partial charge on any atom is 0.160 e. The zero-order chi connectivity index (χ0) is 37.9. The molecule has 0 saturated carbocycles. The molecule has 6 aliphatic rings. The van der Waals surface area contributed by atoms with Crippen LogP contribution >= 0.6 is 0 Å². The summed E-state index contributed by atoms with van der Waals surface area (Å²) < 4.78 is 7.23. The SMILES string of the molecule is CC1(C)c2ccccc2-c2ccc(C3C=c4c5c(oc4=C4N=c6ccccc6=C43)C3=Nc4ccccc4C3=CC5c3ccc4c(c3)C(C)(C)c3ccccc3-4)cc21. The van der Waals surface area contributed by atoms with Crippen molar-refractivity contribution in [1.29, 1.82) is 0 Å². The number of allylic oxidation sites excluding steroid dienone is 2. The first-order chi connectivity index (χ1) is 27.8. The van der Waals surface area contributed by atoms with Crippen molar-refractivity contribution < 1.29 is 4.42 Å². The van der Waals surface area contributed by atoms with Crippen LogP contribution in [0.5, 0.6) is 0 Å². The molecule has 1 aromatic heterocycles. The van der Waals surface area contributed by atoms with Crippen molar-refractivity contribution in [2.45, 2.75) is 50.4 Å². The van der Waals surface area contributed by atoms with Crippen LogP contribution < -0.4 is 21.2 Å². The van der Waals surface area contributed by atoms with Crippen LogP contribution in [0.3, 0.4) is 0 Å². The van der Waals surface area contributed by atoms with Crippen LogP contribution in [-0.2, 0) is 10.8 Å². The number of rotatable bonds is 2. The van der Waals surface area contributed by atoms with E-state index in [4.69, 9.17) is 14.4 Å². The summed E-state index contributed by atoms with van der Waals surface area (Å²) in [6.07, 6.45) is 4.95. The minimum Gasteiger partial charge on any atom is -0.452 e. The van der Waals surface area contributed by atoms with E-state index >= 15 is 0 Å². The van der Waals surface area contributed by atoms with E-state index in [1.54, 1.807) is 0 Å². The topological polar surface area (TPSA) is 37.9 Å². The smallest absolute Gasteiger partial charge is 0.160 e. The van der Waals surface area contributed by atoms with Gasteiger partial charge >= 0.3 is 0 Å². The van der Waals surface area contributed by atoms with Crippen LogP contribution in [0.15, 0.2) is 154 Å². The number of nitrogens with zero attached hydrogens (tertiary/aromatic N) is 2. The maximum atomic E-state index is 7.23. The predicted octanol–water partition coefficient (Wildman–Crippen LogP) is 9.73. The predicted molar refractivity (Wildman–Crippen MR) is 230 cm³/mol. The summed E-state index contributed by atoms with van der Waals surface area (Å²) >= 11 is 0. The van der Waals surface area contributed by atoms with Crippen molar-refractivity contribution in [3.63, 3.8) is 0 Å². The van der Waals surface area contributed by atoms with E-state index in [1.807, 2.05) is 0 Å². The lowest BCUT2D eigenvalue weighted by molar-refractivity contribution is 0.517. The average Bonchev–Trinajstić information content (AvgIpc) is 4.02. The normalized spacial score (nSPS) is 19.9. The van der Waals surface area contributed by atoms with Crippen molar-refractivity contribution >= 4 is 34.3 Å². The van der Waals surface area contributed by atoms with E-state index in [2.05, 4.69) is 173 Å². The lowest BCUT2D eigenvalue weighted by atomic mass is 9.76. The van der Waals surface area contributed by atoms with Crippen LogP contribution in [-0.4, -0.2) is 5.71 Å². The highest BCUT2D eigenvalue weighted by Gasteiger charge is 2.41. The third-order valence-corrected chi connectivity index (χ3v) is 14.0. The molecule has 0 N–H and O–H groups in total. The van der Waals surface area contributed by atoms with Gasteiger partial charge in [-0.05, 0) is 67.8 Å². The number of hydrogen-bond donors (Lipinski definition) is 0. The van der Waals surface area contributed by atoms with Crippen molar-refractivity contribution in [3.05, 3.63) is 211 Å². The van der Waals surface area contributed by atoms with E-state index in [0.29, 0.717) is 0 Å². The van der Waals surface area contributed by atoms with Gasteiger partial charge in [0.2, 0.25) is 0 Å².